The second kappa shape index (κ2) is 7.95. The van der Waals surface area contributed by atoms with Crippen LogP contribution in [0.4, 0.5) is 14.6 Å². The summed E-state index contributed by atoms with van der Waals surface area (Å²) in [5, 5.41) is 5.00. The molecule has 3 aliphatic carbocycles. The lowest BCUT2D eigenvalue weighted by molar-refractivity contribution is -0.0494. The van der Waals surface area contributed by atoms with Gasteiger partial charge >= 0.3 is 6.61 Å². The van der Waals surface area contributed by atoms with E-state index in [4.69, 9.17) is 15.6 Å². The maximum absolute atomic E-state index is 12.8. The van der Waals surface area contributed by atoms with E-state index in [2.05, 4.69) is 20.7 Å². The van der Waals surface area contributed by atoms with E-state index >= 15 is 0 Å². The molecule has 1 saturated heterocycles. The van der Waals surface area contributed by atoms with Gasteiger partial charge in [0.05, 0.1) is 24.6 Å². The third kappa shape index (κ3) is 3.85. The predicted molar refractivity (Wildman–Crippen MR) is 114 cm³/mol. The Hall–Kier alpha value is -2.26. The molecule has 2 aromatic rings. The highest BCUT2D eigenvalue weighted by molar-refractivity contribution is 5.65. The maximum atomic E-state index is 12.8. The van der Waals surface area contributed by atoms with Crippen molar-refractivity contribution in [2.24, 2.45) is 17.8 Å². The molecule has 2 N–H and O–H groups in total. The molecule has 2 aromatic heterocycles. The highest BCUT2D eigenvalue weighted by Crippen LogP contribution is 2.63. The molecule has 0 amide bonds. The molecule has 0 aromatic carbocycles. The predicted octanol–water partition coefficient (Wildman–Crippen LogP) is 3.36. The van der Waals surface area contributed by atoms with Gasteiger partial charge in [-0.05, 0) is 55.6 Å². The van der Waals surface area contributed by atoms with Crippen LogP contribution in [0.2, 0.25) is 0 Å². The number of fused-ring (bicyclic) bond motifs is 1. The van der Waals surface area contributed by atoms with Gasteiger partial charge in [0, 0.05) is 43.4 Å². The van der Waals surface area contributed by atoms with Crippen LogP contribution in [-0.2, 0) is 11.3 Å². The number of ether oxygens (including phenoxy) is 2. The minimum atomic E-state index is -2.94. The quantitative estimate of drug-likeness (QED) is 0.704. The van der Waals surface area contributed by atoms with Crippen LogP contribution in [0.3, 0.4) is 0 Å². The van der Waals surface area contributed by atoms with Gasteiger partial charge in [-0.2, -0.15) is 13.9 Å². The van der Waals surface area contributed by atoms with Crippen LogP contribution in [0.15, 0.2) is 18.3 Å². The van der Waals surface area contributed by atoms with Crippen LogP contribution in [0, 0.1) is 17.8 Å². The Bertz CT molecular complexity index is 977. The Morgan fingerprint density at radius 1 is 1.16 bits per heavy atom. The van der Waals surface area contributed by atoms with Crippen LogP contribution in [0.25, 0.3) is 11.3 Å². The molecule has 0 radical (unpaired) electrons. The second-order valence-electron chi connectivity index (χ2n) is 9.69. The van der Waals surface area contributed by atoms with Crippen LogP contribution in [0.1, 0.15) is 37.3 Å². The summed E-state index contributed by atoms with van der Waals surface area (Å²) in [7, 11) is 0. The fourth-order valence-corrected chi connectivity index (χ4v) is 5.79. The van der Waals surface area contributed by atoms with E-state index in [1.54, 1.807) is 12.3 Å². The van der Waals surface area contributed by atoms with E-state index < -0.39 is 6.61 Å². The average molecular weight is 446 g/mol. The van der Waals surface area contributed by atoms with E-state index in [1.807, 2.05) is 4.68 Å². The van der Waals surface area contributed by atoms with Gasteiger partial charge < -0.3 is 15.2 Å². The summed E-state index contributed by atoms with van der Waals surface area (Å²) in [6, 6.07) is 4.36. The van der Waals surface area contributed by atoms with E-state index in [1.165, 1.54) is 25.7 Å². The summed E-state index contributed by atoms with van der Waals surface area (Å²) in [6.07, 6.45) is 6.51. The van der Waals surface area contributed by atoms with Crippen molar-refractivity contribution in [2.45, 2.75) is 50.8 Å². The Morgan fingerprint density at radius 3 is 2.59 bits per heavy atom. The van der Waals surface area contributed by atoms with Crippen molar-refractivity contribution >= 4 is 5.82 Å². The van der Waals surface area contributed by atoms with Gasteiger partial charge in [0.25, 0.3) is 0 Å². The number of anilines is 1. The summed E-state index contributed by atoms with van der Waals surface area (Å²) in [5.41, 5.74) is 8.49. The number of hydrogen-bond acceptors (Lipinski definition) is 6. The molecule has 32 heavy (non-hydrogen) atoms. The van der Waals surface area contributed by atoms with Gasteiger partial charge in [-0.15, -0.1) is 0 Å². The van der Waals surface area contributed by atoms with Crippen molar-refractivity contribution in [2.75, 3.05) is 32.0 Å². The molecule has 4 fully saturated rings. The highest BCUT2D eigenvalue weighted by atomic mass is 19.3. The van der Waals surface area contributed by atoms with Crippen molar-refractivity contribution in [3.63, 3.8) is 0 Å². The summed E-state index contributed by atoms with van der Waals surface area (Å²) < 4.78 is 37.7. The normalized spacial score (nSPS) is 30.0. The van der Waals surface area contributed by atoms with E-state index in [9.17, 15) is 8.78 Å². The fourth-order valence-electron chi connectivity index (χ4n) is 5.79. The molecule has 1 aliphatic heterocycles. The first kappa shape index (κ1) is 20.4. The number of rotatable bonds is 7. The highest BCUT2D eigenvalue weighted by Gasteiger charge is 2.58. The average Bonchev–Trinajstić information content (AvgIpc) is 3.63. The molecule has 2 unspecified atom stereocenters. The zero-order valence-corrected chi connectivity index (χ0v) is 18.0. The Morgan fingerprint density at radius 2 is 1.91 bits per heavy atom. The minimum absolute atomic E-state index is 0.0339. The molecule has 0 bridgehead atoms. The molecule has 7 nitrogen and oxygen atoms in total. The number of alkyl halides is 2. The summed E-state index contributed by atoms with van der Waals surface area (Å²) >= 11 is 0. The van der Waals surface area contributed by atoms with Gasteiger partial charge in [-0.25, -0.2) is 4.98 Å². The summed E-state index contributed by atoms with van der Waals surface area (Å²) in [4.78, 5) is 6.69. The van der Waals surface area contributed by atoms with Crippen molar-refractivity contribution in [1.82, 2.24) is 19.7 Å². The van der Waals surface area contributed by atoms with Crippen molar-refractivity contribution < 1.29 is 18.3 Å². The van der Waals surface area contributed by atoms with Gasteiger partial charge in [0.2, 0.25) is 0 Å². The van der Waals surface area contributed by atoms with Crippen molar-refractivity contribution in [1.29, 1.82) is 0 Å². The number of nitrogens with two attached hydrogens (primary N) is 1. The maximum Gasteiger partial charge on any atom is 0.387 e. The zero-order valence-electron chi connectivity index (χ0n) is 18.0. The topological polar surface area (TPSA) is 78.4 Å². The molecule has 2 atom stereocenters. The number of hydrogen-bond donors (Lipinski definition) is 1. The molecule has 3 heterocycles. The van der Waals surface area contributed by atoms with Gasteiger partial charge in [0.15, 0.2) is 11.6 Å². The number of aromatic nitrogens is 3. The second-order valence-corrected chi connectivity index (χ2v) is 9.69. The number of halogens is 2. The van der Waals surface area contributed by atoms with Crippen LogP contribution >= 0.6 is 0 Å². The third-order valence-corrected chi connectivity index (χ3v) is 7.64. The number of nitrogen functional groups attached to an aromatic ring is 1. The van der Waals surface area contributed by atoms with Crippen LogP contribution in [-0.4, -0.2) is 58.6 Å². The standard InChI is InChI=1S/C23H29F2N5O2/c24-23(25)32-20-7-14(11-27-22(20)26)19-10-18(28-30(19)12-13-1-2-13)21-16-8-15(9-17(16)21)29-3-5-31-6-4-29/h7,10-11,13,15-17,21,23H,1-6,8-9,12H2,(H2,26,27). The van der Waals surface area contributed by atoms with E-state index in [0.717, 1.165) is 44.2 Å². The SMILES string of the molecule is Nc1ncc(-c2cc(C3C4CC(N5CCOCC5)CC43)nn2CC2CC2)cc1OC(F)F. The molecule has 172 valence electrons. The first-order chi connectivity index (χ1) is 15.6. The molecule has 4 aliphatic rings. The number of nitrogens with zero attached hydrogens (tertiary/aromatic N) is 4. The van der Waals surface area contributed by atoms with Gasteiger partial charge in [-0.3, -0.25) is 9.58 Å². The van der Waals surface area contributed by atoms with E-state index in [0.29, 0.717) is 35.3 Å². The molecular formula is C23H29F2N5O2. The first-order valence-corrected chi connectivity index (χ1v) is 11.7. The fraction of sp³-hybridized carbons (Fsp3) is 0.652. The third-order valence-electron chi connectivity index (χ3n) is 7.64. The molecule has 0 spiro atoms. The van der Waals surface area contributed by atoms with Crippen molar-refractivity contribution in [3.05, 3.63) is 24.0 Å². The lowest BCUT2D eigenvalue weighted by Gasteiger charge is -2.33. The summed E-state index contributed by atoms with van der Waals surface area (Å²) in [6.45, 7) is 1.69. The monoisotopic (exact) mass is 445 g/mol. The molecule has 3 saturated carbocycles. The minimum Gasteiger partial charge on any atom is -0.431 e. The first-order valence-electron chi connectivity index (χ1n) is 11.7. The van der Waals surface area contributed by atoms with Gasteiger partial charge in [-0.1, -0.05) is 0 Å². The Kier molecular flexibility index (Phi) is 5.06. The summed E-state index contributed by atoms with van der Waals surface area (Å²) in [5.74, 6) is 2.42. The molecule has 6 rings (SSSR count). The van der Waals surface area contributed by atoms with Crippen LogP contribution in [0.5, 0.6) is 5.75 Å². The lowest BCUT2D eigenvalue weighted by atomic mass is 10.0. The van der Waals surface area contributed by atoms with Crippen LogP contribution < -0.4 is 10.5 Å². The lowest BCUT2D eigenvalue weighted by Crippen LogP contribution is -2.43. The number of pyridine rings is 1. The Balaban J connectivity index is 1.23. The molecule has 9 heteroatoms. The zero-order chi connectivity index (χ0) is 21.8. The largest absolute Gasteiger partial charge is 0.431 e. The van der Waals surface area contributed by atoms with E-state index in [-0.39, 0.29) is 11.6 Å². The Labute approximate surface area is 185 Å². The number of morpholine rings is 1. The molecular weight excluding hydrogens is 416 g/mol. The smallest absolute Gasteiger partial charge is 0.387 e. The van der Waals surface area contributed by atoms with Crippen molar-refractivity contribution in [3.8, 4) is 17.0 Å². The van der Waals surface area contributed by atoms with Gasteiger partial charge in [0.1, 0.15) is 0 Å².